The van der Waals surface area contributed by atoms with Gasteiger partial charge in [-0.15, -0.1) is 0 Å². The number of likely N-dealkylation sites (tertiary alicyclic amines) is 2. The van der Waals surface area contributed by atoms with Gasteiger partial charge in [-0.2, -0.15) is 0 Å². The minimum Gasteiger partial charge on any atom is -0.487 e. The Morgan fingerprint density at radius 3 is 2.32 bits per heavy atom. The average molecular weight is 385 g/mol. The van der Waals surface area contributed by atoms with E-state index in [0.717, 1.165) is 51.9 Å². The first-order valence-electron chi connectivity index (χ1n) is 10.2. The molecule has 0 unspecified atom stereocenters. The molecule has 2 aliphatic heterocycles. The number of benzene rings is 1. The third-order valence-electron chi connectivity index (χ3n) is 5.92. The summed E-state index contributed by atoms with van der Waals surface area (Å²) < 4.78 is 21.6. The first-order chi connectivity index (χ1) is 13.7. The summed E-state index contributed by atoms with van der Waals surface area (Å²) in [4.78, 5) is 17.0. The minimum atomic E-state index is -0.290. The fourth-order valence-electron chi connectivity index (χ4n) is 4.29. The van der Waals surface area contributed by atoms with Crippen molar-refractivity contribution in [2.45, 2.75) is 44.4 Å². The van der Waals surface area contributed by atoms with Crippen molar-refractivity contribution in [3.05, 3.63) is 54.6 Å². The number of para-hydroxylation sites is 1. The predicted molar refractivity (Wildman–Crippen MR) is 106 cm³/mol. The normalized spacial score (nSPS) is 19.7. The number of nitrogens with zero attached hydrogens (tertiary/aromatic N) is 3. The highest BCUT2D eigenvalue weighted by atomic mass is 19.1. The highest BCUT2D eigenvalue weighted by Crippen LogP contribution is 2.25. The van der Waals surface area contributed by atoms with Crippen LogP contribution >= 0.6 is 0 Å². The topological polar surface area (TPSA) is 37.7 Å². The Kier molecular flexibility index (Phi) is 5.95. The van der Waals surface area contributed by atoms with E-state index in [1.54, 1.807) is 18.2 Å². The van der Waals surface area contributed by atoms with Crippen molar-refractivity contribution < 1.29 is 13.9 Å². The maximum Gasteiger partial charge on any atom is 0.242 e. The fraction of sp³-hybridized carbons (Fsp3) is 0.500. The second-order valence-electron chi connectivity index (χ2n) is 7.75. The highest BCUT2D eigenvalue weighted by molar-refractivity contribution is 5.76. The molecular formula is C22H28FN3O2. The Morgan fingerprint density at radius 1 is 0.964 bits per heavy atom. The lowest BCUT2D eigenvalue weighted by Gasteiger charge is -2.41. The Labute approximate surface area is 165 Å². The second kappa shape index (κ2) is 8.78. The molecule has 6 heteroatoms. The average Bonchev–Trinajstić information content (AvgIpc) is 3.23. The number of carbonyl (C=O) groups excluding carboxylic acids is 1. The molecule has 2 fully saturated rings. The highest BCUT2D eigenvalue weighted by Gasteiger charge is 2.30. The summed E-state index contributed by atoms with van der Waals surface area (Å²) >= 11 is 0. The maximum atomic E-state index is 13.8. The van der Waals surface area contributed by atoms with Crippen molar-refractivity contribution in [1.82, 2.24) is 14.4 Å². The molecule has 4 rings (SSSR count). The fourth-order valence-corrected chi connectivity index (χ4v) is 4.29. The van der Waals surface area contributed by atoms with E-state index in [-0.39, 0.29) is 17.8 Å². The van der Waals surface area contributed by atoms with Crippen LogP contribution < -0.4 is 4.74 Å². The number of ether oxygens (including phenoxy) is 1. The summed E-state index contributed by atoms with van der Waals surface area (Å²) in [5.74, 6) is 0.268. The quantitative estimate of drug-likeness (QED) is 0.794. The SMILES string of the molecule is O=C(Cn1cccc1)N1CCC(N2CCC(Oc3ccccc3F)CC2)CC1. The van der Waals surface area contributed by atoms with Gasteiger partial charge in [-0.3, -0.25) is 9.69 Å². The Morgan fingerprint density at radius 2 is 1.64 bits per heavy atom. The molecule has 1 amide bonds. The van der Waals surface area contributed by atoms with Crippen LogP contribution in [0.15, 0.2) is 48.8 Å². The zero-order chi connectivity index (χ0) is 19.3. The van der Waals surface area contributed by atoms with E-state index in [2.05, 4.69) is 4.90 Å². The van der Waals surface area contributed by atoms with E-state index < -0.39 is 0 Å². The standard InChI is InChI=1S/C22H28FN3O2/c23-20-5-1-2-6-21(20)28-19-9-15-25(16-10-19)18-7-13-26(14-8-18)22(27)17-24-11-3-4-12-24/h1-6,11-12,18-19H,7-10,13-17H2. The smallest absolute Gasteiger partial charge is 0.242 e. The van der Waals surface area contributed by atoms with Gasteiger partial charge < -0.3 is 14.2 Å². The van der Waals surface area contributed by atoms with Crippen LogP contribution in [-0.4, -0.2) is 58.6 Å². The molecule has 1 aromatic carbocycles. The molecule has 2 aliphatic rings. The Balaban J connectivity index is 1.21. The van der Waals surface area contributed by atoms with Crippen molar-refractivity contribution in [2.75, 3.05) is 26.2 Å². The van der Waals surface area contributed by atoms with Crippen LogP contribution in [0.5, 0.6) is 5.75 Å². The molecule has 0 N–H and O–H groups in total. The molecule has 0 spiro atoms. The zero-order valence-electron chi connectivity index (χ0n) is 16.2. The van der Waals surface area contributed by atoms with Crippen molar-refractivity contribution in [3.63, 3.8) is 0 Å². The number of piperidine rings is 2. The minimum absolute atomic E-state index is 0.0800. The molecule has 1 aromatic heterocycles. The van der Waals surface area contributed by atoms with Crippen molar-refractivity contribution in [1.29, 1.82) is 0 Å². The number of hydrogen-bond donors (Lipinski definition) is 0. The number of carbonyl (C=O) groups is 1. The summed E-state index contributed by atoms with van der Waals surface area (Å²) in [7, 11) is 0. The lowest BCUT2D eigenvalue weighted by Crippen LogP contribution is -2.50. The molecule has 2 saturated heterocycles. The van der Waals surface area contributed by atoms with Gasteiger partial charge in [0.1, 0.15) is 12.6 Å². The molecule has 150 valence electrons. The van der Waals surface area contributed by atoms with Crippen LogP contribution in [0.4, 0.5) is 4.39 Å². The van der Waals surface area contributed by atoms with Gasteiger partial charge in [0.15, 0.2) is 11.6 Å². The molecule has 5 nitrogen and oxygen atoms in total. The van der Waals surface area contributed by atoms with Gasteiger partial charge in [-0.1, -0.05) is 12.1 Å². The van der Waals surface area contributed by atoms with E-state index in [1.807, 2.05) is 34.0 Å². The van der Waals surface area contributed by atoms with E-state index >= 15 is 0 Å². The van der Waals surface area contributed by atoms with Gasteiger partial charge in [0, 0.05) is 44.6 Å². The molecule has 0 saturated carbocycles. The summed E-state index contributed by atoms with van der Waals surface area (Å²) in [6, 6.07) is 11.0. The number of aromatic nitrogens is 1. The first-order valence-corrected chi connectivity index (χ1v) is 10.2. The van der Waals surface area contributed by atoms with Gasteiger partial charge in [-0.25, -0.2) is 4.39 Å². The monoisotopic (exact) mass is 385 g/mol. The maximum absolute atomic E-state index is 13.8. The predicted octanol–water partition coefficient (Wildman–Crippen LogP) is 3.16. The number of rotatable bonds is 5. The third-order valence-corrected chi connectivity index (χ3v) is 5.92. The van der Waals surface area contributed by atoms with Gasteiger partial charge in [0.2, 0.25) is 5.91 Å². The molecule has 0 bridgehead atoms. The van der Waals surface area contributed by atoms with Gasteiger partial charge in [0.05, 0.1) is 0 Å². The van der Waals surface area contributed by atoms with Gasteiger partial charge >= 0.3 is 0 Å². The van der Waals surface area contributed by atoms with E-state index in [0.29, 0.717) is 18.3 Å². The largest absolute Gasteiger partial charge is 0.487 e. The van der Waals surface area contributed by atoms with Crippen molar-refractivity contribution >= 4 is 5.91 Å². The summed E-state index contributed by atoms with van der Waals surface area (Å²) in [5.41, 5.74) is 0. The molecule has 28 heavy (non-hydrogen) atoms. The lowest BCUT2D eigenvalue weighted by molar-refractivity contribution is -0.133. The summed E-state index contributed by atoms with van der Waals surface area (Å²) in [5, 5.41) is 0. The van der Waals surface area contributed by atoms with Crippen molar-refractivity contribution in [2.24, 2.45) is 0 Å². The van der Waals surface area contributed by atoms with Gasteiger partial charge in [-0.05, 0) is 49.9 Å². The van der Waals surface area contributed by atoms with Crippen LogP contribution in [0.2, 0.25) is 0 Å². The zero-order valence-corrected chi connectivity index (χ0v) is 16.2. The molecule has 2 aromatic rings. The van der Waals surface area contributed by atoms with Crippen molar-refractivity contribution in [3.8, 4) is 5.75 Å². The van der Waals surface area contributed by atoms with E-state index in [9.17, 15) is 9.18 Å². The molecule has 3 heterocycles. The number of halogens is 1. The Hall–Kier alpha value is -2.34. The van der Waals surface area contributed by atoms with Gasteiger partial charge in [0.25, 0.3) is 0 Å². The van der Waals surface area contributed by atoms with E-state index in [4.69, 9.17) is 4.74 Å². The van der Waals surface area contributed by atoms with Crippen LogP contribution in [0, 0.1) is 5.82 Å². The second-order valence-corrected chi connectivity index (χ2v) is 7.75. The summed E-state index contributed by atoms with van der Waals surface area (Å²) in [6.45, 7) is 4.03. The summed E-state index contributed by atoms with van der Waals surface area (Å²) in [6.07, 6.45) is 7.82. The number of hydrogen-bond acceptors (Lipinski definition) is 3. The van der Waals surface area contributed by atoms with Crippen LogP contribution in [0.25, 0.3) is 0 Å². The molecular weight excluding hydrogens is 357 g/mol. The van der Waals surface area contributed by atoms with Crippen LogP contribution in [0.3, 0.4) is 0 Å². The number of amides is 1. The first kappa shape index (κ1) is 19.0. The van der Waals surface area contributed by atoms with Crippen LogP contribution in [-0.2, 0) is 11.3 Å². The van der Waals surface area contributed by atoms with E-state index in [1.165, 1.54) is 6.07 Å². The molecule has 0 radical (unpaired) electrons. The lowest BCUT2D eigenvalue weighted by atomic mass is 9.98. The Bertz CT molecular complexity index is 764. The molecule has 0 aliphatic carbocycles. The van der Waals surface area contributed by atoms with Crippen LogP contribution in [0.1, 0.15) is 25.7 Å². The third kappa shape index (κ3) is 4.55. The molecule has 0 atom stereocenters.